The van der Waals surface area contributed by atoms with Gasteiger partial charge in [0.25, 0.3) is 0 Å². The van der Waals surface area contributed by atoms with Crippen molar-refractivity contribution in [2.45, 2.75) is 26.3 Å². The molecular weight excluding hydrogens is 296 g/mol. The minimum absolute atomic E-state index is 0.495. The van der Waals surface area contributed by atoms with Crippen LogP contribution < -0.4 is 5.32 Å². The number of halogens is 1. The minimum Gasteiger partial charge on any atom is -0.317 e. The molecule has 1 saturated heterocycles. The Bertz CT molecular complexity index is 358. The SMILES string of the molecule is CN(Cc1cc(Br)cs1)CC1(C)CCNCC1. The van der Waals surface area contributed by atoms with Crippen molar-refractivity contribution in [3.8, 4) is 0 Å². The quantitative estimate of drug-likeness (QED) is 0.916. The molecule has 2 rings (SSSR count). The number of nitrogens with one attached hydrogen (secondary N) is 1. The predicted molar refractivity (Wildman–Crippen MR) is 78.6 cm³/mol. The molecule has 0 aliphatic carbocycles. The fourth-order valence-corrected chi connectivity index (χ4v) is 4.13. The maximum atomic E-state index is 3.51. The molecule has 1 fully saturated rings. The summed E-state index contributed by atoms with van der Waals surface area (Å²) >= 11 is 5.35. The zero-order valence-electron chi connectivity index (χ0n) is 10.6. The molecule has 1 aliphatic rings. The van der Waals surface area contributed by atoms with Gasteiger partial charge in [-0.25, -0.2) is 0 Å². The third-order valence-electron chi connectivity index (χ3n) is 3.51. The van der Waals surface area contributed by atoms with Crippen molar-refractivity contribution in [1.82, 2.24) is 10.2 Å². The van der Waals surface area contributed by atoms with E-state index in [0.717, 1.165) is 6.54 Å². The molecule has 0 aromatic carbocycles. The number of nitrogens with zero attached hydrogens (tertiary/aromatic N) is 1. The first-order valence-electron chi connectivity index (χ1n) is 6.20. The average Bonchev–Trinajstić information content (AvgIpc) is 2.63. The molecule has 0 saturated carbocycles. The van der Waals surface area contributed by atoms with Gasteiger partial charge in [0.05, 0.1) is 0 Å². The highest BCUT2D eigenvalue weighted by molar-refractivity contribution is 9.10. The summed E-state index contributed by atoms with van der Waals surface area (Å²) in [6.45, 7) is 7.04. The molecule has 1 aromatic rings. The van der Waals surface area contributed by atoms with E-state index in [-0.39, 0.29) is 0 Å². The maximum Gasteiger partial charge on any atom is 0.0325 e. The van der Waals surface area contributed by atoms with Gasteiger partial charge in [-0.15, -0.1) is 11.3 Å². The second-order valence-corrected chi connectivity index (χ2v) is 7.38. The Morgan fingerprint density at radius 3 is 2.76 bits per heavy atom. The lowest BCUT2D eigenvalue weighted by atomic mass is 9.80. The van der Waals surface area contributed by atoms with Crippen LogP contribution in [0.3, 0.4) is 0 Å². The molecule has 0 radical (unpaired) electrons. The Labute approximate surface area is 117 Å². The number of piperidine rings is 1. The Hall–Kier alpha value is 0.1000. The van der Waals surface area contributed by atoms with Crippen LogP contribution in [0.25, 0.3) is 0 Å². The summed E-state index contributed by atoms with van der Waals surface area (Å²) in [5.41, 5.74) is 0.495. The first-order chi connectivity index (χ1) is 8.07. The average molecular weight is 317 g/mol. The zero-order chi connectivity index (χ0) is 12.3. The molecule has 1 aliphatic heterocycles. The summed E-state index contributed by atoms with van der Waals surface area (Å²) in [5, 5.41) is 5.61. The Morgan fingerprint density at radius 1 is 1.47 bits per heavy atom. The second-order valence-electron chi connectivity index (χ2n) is 5.46. The van der Waals surface area contributed by atoms with Gasteiger partial charge in [-0.3, -0.25) is 0 Å². The molecule has 96 valence electrons. The number of thiophene rings is 1. The lowest BCUT2D eigenvalue weighted by molar-refractivity contribution is 0.144. The van der Waals surface area contributed by atoms with Crippen LogP contribution in [0.4, 0.5) is 0 Å². The highest BCUT2D eigenvalue weighted by Gasteiger charge is 2.27. The lowest BCUT2D eigenvalue weighted by Crippen LogP contribution is -2.41. The van der Waals surface area contributed by atoms with E-state index in [1.165, 1.54) is 41.8 Å². The Morgan fingerprint density at radius 2 is 2.18 bits per heavy atom. The molecule has 17 heavy (non-hydrogen) atoms. The van der Waals surface area contributed by atoms with Gasteiger partial charge in [0.15, 0.2) is 0 Å². The van der Waals surface area contributed by atoms with Crippen molar-refractivity contribution in [1.29, 1.82) is 0 Å². The van der Waals surface area contributed by atoms with Gasteiger partial charge < -0.3 is 10.2 Å². The summed E-state index contributed by atoms with van der Waals surface area (Å²) in [5.74, 6) is 0. The summed E-state index contributed by atoms with van der Waals surface area (Å²) in [6, 6.07) is 2.23. The van der Waals surface area contributed by atoms with E-state index in [4.69, 9.17) is 0 Å². The maximum absolute atomic E-state index is 3.51. The highest BCUT2D eigenvalue weighted by Crippen LogP contribution is 2.29. The number of hydrogen-bond acceptors (Lipinski definition) is 3. The predicted octanol–water partition coefficient (Wildman–Crippen LogP) is 3.33. The minimum atomic E-state index is 0.495. The van der Waals surface area contributed by atoms with Crippen molar-refractivity contribution < 1.29 is 0 Å². The van der Waals surface area contributed by atoms with Crippen molar-refractivity contribution >= 4 is 27.3 Å². The van der Waals surface area contributed by atoms with E-state index in [1.54, 1.807) is 0 Å². The van der Waals surface area contributed by atoms with Gasteiger partial charge in [-0.05, 0) is 60.4 Å². The number of rotatable bonds is 4. The Balaban J connectivity index is 1.85. The summed E-state index contributed by atoms with van der Waals surface area (Å²) < 4.78 is 1.21. The molecule has 0 bridgehead atoms. The molecule has 1 N–H and O–H groups in total. The van der Waals surface area contributed by atoms with E-state index >= 15 is 0 Å². The van der Waals surface area contributed by atoms with E-state index in [1.807, 2.05) is 11.3 Å². The fourth-order valence-electron chi connectivity index (χ4n) is 2.60. The van der Waals surface area contributed by atoms with Crippen LogP contribution in [-0.4, -0.2) is 31.6 Å². The van der Waals surface area contributed by atoms with E-state index in [9.17, 15) is 0 Å². The molecule has 0 spiro atoms. The molecule has 1 aromatic heterocycles. The van der Waals surface area contributed by atoms with Gasteiger partial charge in [0, 0.05) is 27.8 Å². The molecule has 0 amide bonds. The smallest absolute Gasteiger partial charge is 0.0325 e. The van der Waals surface area contributed by atoms with Crippen LogP contribution >= 0.6 is 27.3 Å². The molecule has 2 nitrogen and oxygen atoms in total. The van der Waals surface area contributed by atoms with E-state index in [0.29, 0.717) is 5.41 Å². The molecule has 0 unspecified atom stereocenters. The molecule has 4 heteroatoms. The van der Waals surface area contributed by atoms with Crippen LogP contribution in [0, 0.1) is 5.41 Å². The van der Waals surface area contributed by atoms with Crippen LogP contribution in [-0.2, 0) is 6.54 Å². The van der Waals surface area contributed by atoms with Crippen molar-refractivity contribution in [2.24, 2.45) is 5.41 Å². The second kappa shape index (κ2) is 5.83. The van der Waals surface area contributed by atoms with Gasteiger partial charge in [0.1, 0.15) is 0 Å². The fraction of sp³-hybridized carbons (Fsp3) is 0.692. The third-order valence-corrected chi connectivity index (χ3v) is 5.19. The van der Waals surface area contributed by atoms with Crippen molar-refractivity contribution in [2.75, 3.05) is 26.7 Å². The monoisotopic (exact) mass is 316 g/mol. The molecule has 2 heterocycles. The van der Waals surface area contributed by atoms with Gasteiger partial charge in [-0.1, -0.05) is 6.92 Å². The van der Waals surface area contributed by atoms with E-state index < -0.39 is 0 Å². The van der Waals surface area contributed by atoms with Crippen molar-refractivity contribution in [3.63, 3.8) is 0 Å². The largest absolute Gasteiger partial charge is 0.317 e. The van der Waals surface area contributed by atoms with Crippen LogP contribution in [0.2, 0.25) is 0 Å². The molecule has 0 atom stereocenters. The Kier molecular flexibility index (Phi) is 4.64. The van der Waals surface area contributed by atoms with E-state index in [2.05, 4.69) is 51.6 Å². The first-order valence-corrected chi connectivity index (χ1v) is 7.87. The number of hydrogen-bond donors (Lipinski definition) is 1. The van der Waals surface area contributed by atoms with Gasteiger partial charge in [-0.2, -0.15) is 0 Å². The normalized spacial score (nSPS) is 19.8. The standard InChI is InChI=1S/C13H21BrN2S/c1-13(3-5-15-6-4-13)10-16(2)8-12-7-11(14)9-17-12/h7,9,15H,3-6,8,10H2,1-2H3. The summed E-state index contributed by atoms with van der Waals surface area (Å²) in [4.78, 5) is 3.90. The third kappa shape index (κ3) is 4.05. The summed E-state index contributed by atoms with van der Waals surface area (Å²) in [6.07, 6.45) is 2.59. The topological polar surface area (TPSA) is 15.3 Å². The lowest BCUT2D eigenvalue weighted by Gasteiger charge is -2.37. The summed E-state index contributed by atoms with van der Waals surface area (Å²) in [7, 11) is 2.24. The van der Waals surface area contributed by atoms with Crippen molar-refractivity contribution in [3.05, 3.63) is 20.8 Å². The van der Waals surface area contributed by atoms with Gasteiger partial charge in [0.2, 0.25) is 0 Å². The van der Waals surface area contributed by atoms with Gasteiger partial charge >= 0.3 is 0 Å². The molecular formula is C13H21BrN2S. The van der Waals surface area contributed by atoms with Crippen LogP contribution in [0.15, 0.2) is 15.9 Å². The van der Waals surface area contributed by atoms with Crippen LogP contribution in [0.5, 0.6) is 0 Å². The van der Waals surface area contributed by atoms with Crippen LogP contribution in [0.1, 0.15) is 24.6 Å². The first kappa shape index (κ1) is 13.5. The highest BCUT2D eigenvalue weighted by atomic mass is 79.9. The zero-order valence-corrected chi connectivity index (χ0v) is 13.0.